The summed E-state index contributed by atoms with van der Waals surface area (Å²) in [5.41, 5.74) is 5.76. The van der Waals surface area contributed by atoms with E-state index in [1.54, 1.807) is 7.11 Å². The number of ether oxygens (including phenoxy) is 1. The molecule has 1 aromatic carbocycles. The average Bonchev–Trinajstić information content (AvgIpc) is 3.18. The maximum absolute atomic E-state index is 12.3. The van der Waals surface area contributed by atoms with Crippen molar-refractivity contribution in [2.75, 3.05) is 39.8 Å². The third-order valence-electron chi connectivity index (χ3n) is 6.02. The molecule has 0 unspecified atom stereocenters. The van der Waals surface area contributed by atoms with Gasteiger partial charge in [0.2, 0.25) is 0 Å². The molecule has 0 amide bonds. The van der Waals surface area contributed by atoms with Crippen molar-refractivity contribution in [3.8, 4) is 17.0 Å². The normalized spacial score (nSPS) is 15.2. The van der Waals surface area contributed by atoms with Crippen molar-refractivity contribution in [3.05, 3.63) is 35.2 Å². The number of hydrogen-bond acceptors (Lipinski definition) is 5. The third-order valence-corrected chi connectivity index (χ3v) is 6.02. The summed E-state index contributed by atoms with van der Waals surface area (Å²) >= 11 is 0. The molecule has 1 saturated heterocycles. The Morgan fingerprint density at radius 3 is 2.59 bits per heavy atom. The molecule has 7 heteroatoms. The predicted molar refractivity (Wildman–Crippen MR) is 115 cm³/mol. The maximum Gasteiger partial charge on any atom is 0.152 e. The van der Waals surface area contributed by atoms with Crippen molar-refractivity contribution in [3.63, 3.8) is 0 Å². The van der Waals surface area contributed by atoms with Crippen LogP contribution in [0.25, 0.3) is 22.2 Å². The van der Waals surface area contributed by atoms with Crippen LogP contribution in [0.2, 0.25) is 0 Å². The zero-order valence-electron chi connectivity index (χ0n) is 17.7. The standard InChI is InChI=1S/C22H29N5O2/c1-15-21(16(2)25(3)24-15)22-19(14-28)18-13-17(29-4)5-6-20(18)27(22)12-11-26-9-7-23-8-10-26/h5-6,13-14,23H,7-12H2,1-4H3. The predicted octanol–water partition coefficient (Wildman–Crippen LogP) is 2.38. The van der Waals surface area contributed by atoms with E-state index in [1.165, 1.54) is 0 Å². The lowest BCUT2D eigenvalue weighted by molar-refractivity contribution is 0.112. The van der Waals surface area contributed by atoms with E-state index >= 15 is 0 Å². The molecule has 0 saturated carbocycles. The number of aromatic nitrogens is 3. The molecule has 0 radical (unpaired) electrons. The molecule has 2 aromatic heterocycles. The van der Waals surface area contributed by atoms with Crippen LogP contribution in [-0.4, -0.2) is 65.4 Å². The average molecular weight is 396 g/mol. The first kappa shape index (κ1) is 19.7. The van der Waals surface area contributed by atoms with E-state index in [0.717, 1.165) is 84.9 Å². The Morgan fingerprint density at radius 1 is 1.21 bits per heavy atom. The molecule has 7 nitrogen and oxygen atoms in total. The molecule has 3 aromatic rings. The van der Waals surface area contributed by atoms with E-state index in [2.05, 4.69) is 32.9 Å². The zero-order valence-corrected chi connectivity index (χ0v) is 17.7. The lowest BCUT2D eigenvalue weighted by atomic mass is 10.0. The minimum atomic E-state index is 0.707. The van der Waals surface area contributed by atoms with E-state index in [1.807, 2.05) is 30.8 Å². The van der Waals surface area contributed by atoms with E-state index in [4.69, 9.17) is 4.74 Å². The highest BCUT2D eigenvalue weighted by atomic mass is 16.5. The van der Waals surface area contributed by atoms with Gasteiger partial charge in [0.05, 0.1) is 18.5 Å². The molecule has 0 spiro atoms. The van der Waals surface area contributed by atoms with Crippen LogP contribution in [0.15, 0.2) is 18.2 Å². The van der Waals surface area contributed by atoms with Crippen LogP contribution in [0, 0.1) is 13.8 Å². The number of aldehydes is 1. The zero-order chi connectivity index (χ0) is 20.5. The number of methoxy groups -OCH3 is 1. The van der Waals surface area contributed by atoms with Crippen molar-refractivity contribution in [1.82, 2.24) is 24.6 Å². The van der Waals surface area contributed by atoms with Crippen molar-refractivity contribution < 1.29 is 9.53 Å². The maximum atomic E-state index is 12.3. The van der Waals surface area contributed by atoms with Gasteiger partial charge in [-0.3, -0.25) is 14.4 Å². The summed E-state index contributed by atoms with van der Waals surface area (Å²) in [5.74, 6) is 0.756. The fourth-order valence-corrected chi connectivity index (χ4v) is 4.40. The van der Waals surface area contributed by atoms with Gasteiger partial charge in [-0.1, -0.05) is 0 Å². The first-order chi connectivity index (χ1) is 14.0. The molecule has 1 aliphatic rings. The van der Waals surface area contributed by atoms with Crippen molar-refractivity contribution in [2.45, 2.75) is 20.4 Å². The minimum Gasteiger partial charge on any atom is -0.497 e. The number of rotatable bonds is 6. The van der Waals surface area contributed by atoms with Crippen LogP contribution in [0.1, 0.15) is 21.7 Å². The summed E-state index contributed by atoms with van der Waals surface area (Å²) in [4.78, 5) is 14.7. The number of piperazine rings is 1. The second kappa shape index (κ2) is 8.00. The molecule has 0 atom stereocenters. The Hall–Kier alpha value is -2.64. The van der Waals surface area contributed by atoms with E-state index < -0.39 is 0 Å². The number of hydrogen-bond donors (Lipinski definition) is 1. The van der Waals surface area contributed by atoms with Gasteiger partial charge in [0.1, 0.15) is 5.75 Å². The van der Waals surface area contributed by atoms with Crippen LogP contribution in [-0.2, 0) is 13.6 Å². The van der Waals surface area contributed by atoms with Gasteiger partial charge in [0.25, 0.3) is 0 Å². The highest BCUT2D eigenvalue weighted by Gasteiger charge is 2.24. The van der Waals surface area contributed by atoms with Crippen LogP contribution in [0.4, 0.5) is 0 Å². The highest BCUT2D eigenvalue weighted by Crippen LogP contribution is 2.37. The SMILES string of the molecule is COc1ccc2c(c1)c(C=O)c(-c1c(C)nn(C)c1C)n2CCN1CCNCC1. The first-order valence-electron chi connectivity index (χ1n) is 10.1. The third kappa shape index (κ3) is 3.45. The van der Waals surface area contributed by atoms with Gasteiger partial charge in [0.15, 0.2) is 6.29 Å². The monoisotopic (exact) mass is 395 g/mol. The number of carbonyl (C=O) groups excluding carboxylic acids is 1. The second-order valence-corrected chi connectivity index (χ2v) is 7.68. The molecule has 1 fully saturated rings. The molecule has 154 valence electrons. The molecular formula is C22H29N5O2. The van der Waals surface area contributed by atoms with E-state index in [9.17, 15) is 4.79 Å². The van der Waals surface area contributed by atoms with Crippen molar-refractivity contribution in [1.29, 1.82) is 0 Å². The van der Waals surface area contributed by atoms with Gasteiger partial charge in [-0.2, -0.15) is 5.10 Å². The van der Waals surface area contributed by atoms with Gasteiger partial charge < -0.3 is 14.6 Å². The Kier molecular flexibility index (Phi) is 5.43. The van der Waals surface area contributed by atoms with E-state index in [0.29, 0.717) is 5.56 Å². The van der Waals surface area contributed by atoms with Gasteiger partial charge in [-0.05, 0) is 32.0 Å². The van der Waals surface area contributed by atoms with Gasteiger partial charge in [0, 0.05) is 74.0 Å². The summed E-state index contributed by atoms with van der Waals surface area (Å²) in [6.45, 7) is 9.98. The quantitative estimate of drug-likeness (QED) is 0.650. The smallest absolute Gasteiger partial charge is 0.152 e. The lowest BCUT2D eigenvalue weighted by Crippen LogP contribution is -2.44. The number of carbonyl (C=O) groups is 1. The fourth-order valence-electron chi connectivity index (χ4n) is 4.40. The molecule has 4 rings (SSSR count). The Morgan fingerprint density at radius 2 is 1.97 bits per heavy atom. The summed E-state index contributed by atoms with van der Waals surface area (Å²) < 4.78 is 9.60. The summed E-state index contributed by atoms with van der Waals surface area (Å²) in [6, 6.07) is 5.99. The topological polar surface area (TPSA) is 64.3 Å². The molecule has 1 N–H and O–H groups in total. The number of benzene rings is 1. The number of nitrogens with zero attached hydrogens (tertiary/aromatic N) is 4. The minimum absolute atomic E-state index is 0.707. The Balaban J connectivity index is 1.89. The second-order valence-electron chi connectivity index (χ2n) is 7.68. The summed E-state index contributed by atoms with van der Waals surface area (Å²) in [6.07, 6.45) is 0.976. The number of fused-ring (bicyclic) bond motifs is 1. The summed E-state index contributed by atoms with van der Waals surface area (Å²) in [7, 11) is 3.60. The molecule has 0 aliphatic carbocycles. The molecule has 0 bridgehead atoms. The fraction of sp³-hybridized carbons (Fsp3) is 0.455. The van der Waals surface area contributed by atoms with Gasteiger partial charge >= 0.3 is 0 Å². The molecule has 1 aliphatic heterocycles. The van der Waals surface area contributed by atoms with Crippen molar-refractivity contribution >= 4 is 17.2 Å². The van der Waals surface area contributed by atoms with E-state index in [-0.39, 0.29) is 0 Å². The van der Waals surface area contributed by atoms with Crippen LogP contribution in [0.3, 0.4) is 0 Å². The van der Waals surface area contributed by atoms with Crippen LogP contribution < -0.4 is 10.1 Å². The number of aryl methyl sites for hydroxylation is 2. The Labute approximate surface area is 171 Å². The van der Waals surface area contributed by atoms with Crippen LogP contribution >= 0.6 is 0 Å². The van der Waals surface area contributed by atoms with Crippen LogP contribution in [0.5, 0.6) is 5.75 Å². The van der Waals surface area contributed by atoms with Gasteiger partial charge in [-0.25, -0.2) is 0 Å². The highest BCUT2D eigenvalue weighted by molar-refractivity contribution is 6.06. The largest absolute Gasteiger partial charge is 0.497 e. The number of nitrogens with one attached hydrogen (secondary N) is 1. The lowest BCUT2D eigenvalue weighted by Gasteiger charge is -2.27. The van der Waals surface area contributed by atoms with Gasteiger partial charge in [-0.15, -0.1) is 0 Å². The first-order valence-corrected chi connectivity index (χ1v) is 10.1. The molecule has 3 heterocycles. The molecule has 29 heavy (non-hydrogen) atoms. The molecular weight excluding hydrogens is 366 g/mol. The Bertz CT molecular complexity index is 1040. The van der Waals surface area contributed by atoms with Crippen molar-refractivity contribution in [2.24, 2.45) is 7.05 Å². The summed E-state index contributed by atoms with van der Waals surface area (Å²) in [5, 5.41) is 8.93.